The van der Waals surface area contributed by atoms with E-state index >= 15 is 0 Å². The highest BCUT2D eigenvalue weighted by molar-refractivity contribution is 6.04. The van der Waals surface area contributed by atoms with E-state index in [1.165, 1.54) is 15.3 Å². The largest absolute Gasteiger partial charge is 0.381 e. The molecule has 0 radical (unpaired) electrons. The molecular weight excluding hydrogens is 522 g/mol. The van der Waals surface area contributed by atoms with Crippen LogP contribution in [0, 0.1) is 0 Å². The molecular formula is C29H25N9O3. The van der Waals surface area contributed by atoms with Gasteiger partial charge in [0.25, 0.3) is 11.5 Å². The second kappa shape index (κ2) is 10.2. The van der Waals surface area contributed by atoms with Crippen LogP contribution in [0.5, 0.6) is 0 Å². The molecule has 3 N–H and O–H groups in total. The number of aromatic nitrogens is 7. The molecule has 0 fully saturated rings. The predicted molar refractivity (Wildman–Crippen MR) is 152 cm³/mol. The average Bonchev–Trinajstić information content (AvgIpc) is 3.55. The Balaban J connectivity index is 1.45. The summed E-state index contributed by atoms with van der Waals surface area (Å²) in [6.45, 7) is 1.73. The normalized spacial score (nSPS) is 12.0. The van der Waals surface area contributed by atoms with Crippen molar-refractivity contribution in [1.29, 1.82) is 0 Å². The van der Waals surface area contributed by atoms with Crippen LogP contribution < -0.4 is 16.6 Å². The number of aryl methyl sites for hydroxylation is 1. The maximum absolute atomic E-state index is 14.2. The van der Waals surface area contributed by atoms with E-state index in [-0.39, 0.29) is 29.1 Å². The minimum Gasteiger partial charge on any atom is -0.381 e. The Kier molecular flexibility index (Phi) is 6.34. The van der Waals surface area contributed by atoms with E-state index in [1.54, 1.807) is 73.6 Å². The fourth-order valence-electron chi connectivity index (χ4n) is 4.88. The van der Waals surface area contributed by atoms with Crippen LogP contribution in [-0.4, -0.2) is 45.6 Å². The van der Waals surface area contributed by atoms with Gasteiger partial charge in [-0.2, -0.15) is 5.10 Å². The Bertz CT molecular complexity index is 2010. The average molecular weight is 548 g/mol. The van der Waals surface area contributed by atoms with Crippen LogP contribution in [0.15, 0.2) is 84.2 Å². The predicted octanol–water partition coefficient (Wildman–Crippen LogP) is 2.66. The van der Waals surface area contributed by atoms with Crippen LogP contribution in [0.4, 0.5) is 5.82 Å². The summed E-state index contributed by atoms with van der Waals surface area (Å²) in [4.78, 5) is 49.6. The van der Waals surface area contributed by atoms with E-state index in [2.05, 4.69) is 20.5 Å². The van der Waals surface area contributed by atoms with Crippen LogP contribution in [-0.2, 0) is 13.5 Å². The second-order valence-corrected chi connectivity index (χ2v) is 9.60. The van der Waals surface area contributed by atoms with Crippen LogP contribution in [0.1, 0.15) is 45.1 Å². The summed E-state index contributed by atoms with van der Waals surface area (Å²) in [7, 11) is 1.74. The van der Waals surface area contributed by atoms with Crippen molar-refractivity contribution in [3.05, 3.63) is 112 Å². The number of anilines is 1. The number of benzene rings is 2. The van der Waals surface area contributed by atoms with E-state index in [4.69, 9.17) is 10.7 Å². The molecule has 1 amide bonds. The summed E-state index contributed by atoms with van der Waals surface area (Å²) in [5, 5.41) is 11.5. The van der Waals surface area contributed by atoms with Crippen molar-refractivity contribution in [1.82, 2.24) is 39.2 Å². The highest BCUT2D eigenvalue weighted by atomic mass is 16.2. The Morgan fingerprint density at radius 1 is 1.07 bits per heavy atom. The summed E-state index contributed by atoms with van der Waals surface area (Å²) in [6, 6.07) is 15.2. The monoisotopic (exact) mass is 547 g/mol. The minimum absolute atomic E-state index is 0.00138. The number of carbonyl (C=O) groups excluding carboxylic acids is 2. The van der Waals surface area contributed by atoms with Gasteiger partial charge in [-0.1, -0.05) is 30.3 Å². The van der Waals surface area contributed by atoms with Gasteiger partial charge in [-0.25, -0.2) is 14.5 Å². The zero-order chi connectivity index (χ0) is 28.7. The van der Waals surface area contributed by atoms with Crippen LogP contribution >= 0.6 is 0 Å². The number of amides is 1. The first-order chi connectivity index (χ1) is 19.8. The van der Waals surface area contributed by atoms with Crippen molar-refractivity contribution in [2.75, 3.05) is 5.73 Å². The number of fused-ring (bicyclic) bond motifs is 2. The first kappa shape index (κ1) is 25.6. The molecule has 2 aromatic carbocycles. The molecule has 0 spiro atoms. The van der Waals surface area contributed by atoms with Gasteiger partial charge >= 0.3 is 0 Å². The molecule has 1 atom stereocenters. The van der Waals surface area contributed by atoms with Gasteiger partial charge in [0.2, 0.25) is 0 Å². The van der Waals surface area contributed by atoms with E-state index < -0.39 is 11.9 Å². The van der Waals surface area contributed by atoms with Crippen LogP contribution in [0.2, 0.25) is 0 Å². The Morgan fingerprint density at radius 2 is 1.88 bits per heavy atom. The summed E-state index contributed by atoms with van der Waals surface area (Å²) in [5.41, 5.74) is 8.11. The van der Waals surface area contributed by atoms with E-state index in [9.17, 15) is 14.4 Å². The van der Waals surface area contributed by atoms with Crippen molar-refractivity contribution in [2.24, 2.45) is 7.05 Å². The molecule has 204 valence electrons. The highest BCUT2D eigenvalue weighted by Gasteiger charge is 2.25. The Labute approximate surface area is 233 Å². The SMILES string of the molecule is C[C@@H](NC(=O)c1c(N)nn2cccnc12)c1nc2cccc(CC(=O)c3cnn(C)c3)c2c(=O)n1-c1ccccc1. The molecule has 0 unspecified atom stereocenters. The highest BCUT2D eigenvalue weighted by Crippen LogP contribution is 2.23. The quantitative estimate of drug-likeness (QED) is 0.289. The first-order valence-electron chi connectivity index (χ1n) is 12.8. The summed E-state index contributed by atoms with van der Waals surface area (Å²) in [6.07, 6.45) is 6.34. The van der Waals surface area contributed by atoms with Gasteiger partial charge in [0.1, 0.15) is 11.4 Å². The Hall–Kier alpha value is -5.65. The smallest absolute Gasteiger partial charge is 0.266 e. The van der Waals surface area contributed by atoms with Crippen LogP contribution in [0.25, 0.3) is 22.2 Å². The number of rotatable bonds is 7. The number of nitrogens with two attached hydrogens (primary N) is 1. The zero-order valence-electron chi connectivity index (χ0n) is 22.2. The molecule has 0 bridgehead atoms. The van der Waals surface area contributed by atoms with Crippen molar-refractivity contribution < 1.29 is 9.59 Å². The van der Waals surface area contributed by atoms with Gasteiger partial charge in [-0.3, -0.25) is 23.6 Å². The number of nitrogen functional groups attached to an aromatic ring is 1. The molecule has 0 aliphatic heterocycles. The summed E-state index contributed by atoms with van der Waals surface area (Å²) in [5.74, 6) is -0.335. The topological polar surface area (TPSA) is 155 Å². The van der Waals surface area contributed by atoms with Crippen molar-refractivity contribution in [2.45, 2.75) is 19.4 Å². The molecule has 0 saturated carbocycles. The first-order valence-corrected chi connectivity index (χ1v) is 12.8. The number of para-hydroxylation sites is 1. The zero-order valence-corrected chi connectivity index (χ0v) is 22.2. The standard InChI is InChI=1S/C29H25N9O3/c1-17(33-28(40)24-25(30)35-37-13-7-12-31-27(24)37)26-34-21-11-6-8-18(14-22(39)19-15-32-36(2)16-19)23(21)29(41)38(26)20-9-4-3-5-10-20/h3-13,15-17H,14H2,1-2H3,(H2,30,35)(H,33,40)/t17-/m1/s1. The lowest BCUT2D eigenvalue weighted by Crippen LogP contribution is -2.33. The van der Waals surface area contributed by atoms with Gasteiger partial charge in [0.15, 0.2) is 17.2 Å². The molecule has 41 heavy (non-hydrogen) atoms. The third kappa shape index (κ3) is 4.61. The molecule has 0 aliphatic rings. The van der Waals surface area contributed by atoms with E-state index in [0.717, 1.165) is 0 Å². The third-order valence-electron chi connectivity index (χ3n) is 6.79. The van der Waals surface area contributed by atoms with E-state index in [0.29, 0.717) is 39.2 Å². The van der Waals surface area contributed by atoms with Gasteiger partial charge in [-0.15, -0.1) is 5.10 Å². The molecule has 12 heteroatoms. The minimum atomic E-state index is -0.724. The van der Waals surface area contributed by atoms with Crippen LogP contribution in [0.3, 0.4) is 0 Å². The number of hydrogen-bond acceptors (Lipinski definition) is 8. The Morgan fingerprint density at radius 3 is 2.63 bits per heavy atom. The number of carbonyl (C=O) groups is 2. The third-order valence-corrected chi connectivity index (χ3v) is 6.79. The fourth-order valence-corrected chi connectivity index (χ4v) is 4.88. The molecule has 0 saturated heterocycles. The maximum atomic E-state index is 14.2. The number of nitrogens with one attached hydrogen (secondary N) is 1. The summed E-state index contributed by atoms with van der Waals surface area (Å²) >= 11 is 0. The molecule has 4 aromatic heterocycles. The van der Waals surface area contributed by atoms with Crippen molar-refractivity contribution >= 4 is 34.1 Å². The molecule has 6 rings (SSSR count). The van der Waals surface area contributed by atoms with Crippen molar-refractivity contribution in [3.63, 3.8) is 0 Å². The number of ketones is 1. The lowest BCUT2D eigenvalue weighted by Gasteiger charge is -2.20. The van der Waals surface area contributed by atoms with Crippen molar-refractivity contribution in [3.8, 4) is 5.69 Å². The lowest BCUT2D eigenvalue weighted by atomic mass is 10.0. The van der Waals surface area contributed by atoms with Gasteiger partial charge in [0.05, 0.1) is 34.4 Å². The lowest BCUT2D eigenvalue weighted by molar-refractivity contribution is 0.0938. The second-order valence-electron chi connectivity index (χ2n) is 9.60. The molecule has 12 nitrogen and oxygen atoms in total. The summed E-state index contributed by atoms with van der Waals surface area (Å²) < 4.78 is 4.44. The molecule has 0 aliphatic carbocycles. The van der Waals surface area contributed by atoms with Gasteiger partial charge in [-0.05, 0) is 36.8 Å². The number of Topliss-reactive ketones (excluding diaryl/α,β-unsaturated/α-hetero) is 1. The molecule has 4 heterocycles. The number of nitrogens with zero attached hydrogens (tertiary/aromatic N) is 7. The fraction of sp³-hybridized carbons (Fsp3) is 0.138. The maximum Gasteiger partial charge on any atom is 0.266 e. The molecule has 6 aromatic rings. The van der Waals surface area contributed by atoms with Gasteiger partial charge in [0, 0.05) is 32.1 Å². The van der Waals surface area contributed by atoms with E-state index in [1.807, 2.05) is 18.2 Å². The van der Waals surface area contributed by atoms with Gasteiger partial charge < -0.3 is 11.1 Å². The number of hydrogen-bond donors (Lipinski definition) is 2.